The highest BCUT2D eigenvalue weighted by atomic mass is 19.1. The van der Waals surface area contributed by atoms with E-state index in [4.69, 9.17) is 11.5 Å². The summed E-state index contributed by atoms with van der Waals surface area (Å²) in [6.45, 7) is 3.04. The van der Waals surface area contributed by atoms with E-state index in [9.17, 15) is 14.0 Å². The van der Waals surface area contributed by atoms with Gasteiger partial charge in [-0.2, -0.15) is 0 Å². The second-order valence-electron chi connectivity index (χ2n) is 5.30. The zero-order valence-corrected chi connectivity index (χ0v) is 11.3. The third-order valence-corrected chi connectivity index (χ3v) is 3.75. The van der Waals surface area contributed by atoms with Crippen molar-refractivity contribution >= 4 is 11.8 Å². The van der Waals surface area contributed by atoms with Gasteiger partial charge in [-0.25, -0.2) is 4.39 Å². The molecule has 2 rings (SSSR count). The summed E-state index contributed by atoms with van der Waals surface area (Å²) in [6, 6.07) is 4.86. The van der Waals surface area contributed by atoms with E-state index in [-0.39, 0.29) is 5.82 Å². The van der Waals surface area contributed by atoms with Crippen LogP contribution in [0, 0.1) is 24.6 Å². The Morgan fingerprint density at radius 2 is 1.80 bits per heavy atom. The van der Waals surface area contributed by atoms with Crippen molar-refractivity contribution in [2.45, 2.75) is 13.5 Å². The molecule has 0 aliphatic carbocycles. The second-order valence-corrected chi connectivity index (χ2v) is 5.30. The summed E-state index contributed by atoms with van der Waals surface area (Å²) in [7, 11) is 0. The Hall–Kier alpha value is -1.95. The number of rotatable bonds is 4. The minimum absolute atomic E-state index is 0.250. The van der Waals surface area contributed by atoms with E-state index >= 15 is 0 Å². The van der Waals surface area contributed by atoms with Gasteiger partial charge < -0.3 is 11.5 Å². The van der Waals surface area contributed by atoms with Crippen molar-refractivity contribution < 1.29 is 14.0 Å². The van der Waals surface area contributed by atoms with Crippen LogP contribution in [0.5, 0.6) is 0 Å². The maximum absolute atomic E-state index is 13.2. The average Bonchev–Trinajstić information content (AvgIpc) is 2.78. The van der Waals surface area contributed by atoms with Crippen molar-refractivity contribution in [1.29, 1.82) is 0 Å². The van der Waals surface area contributed by atoms with Gasteiger partial charge >= 0.3 is 0 Å². The highest BCUT2D eigenvalue weighted by Crippen LogP contribution is 2.25. The molecule has 2 unspecified atom stereocenters. The van der Waals surface area contributed by atoms with Gasteiger partial charge in [0.25, 0.3) is 0 Å². The molecule has 0 bridgehead atoms. The van der Waals surface area contributed by atoms with Crippen molar-refractivity contribution in [2.24, 2.45) is 23.3 Å². The van der Waals surface area contributed by atoms with Crippen molar-refractivity contribution in [3.05, 3.63) is 35.1 Å². The lowest BCUT2D eigenvalue weighted by molar-refractivity contribution is -0.129. The summed E-state index contributed by atoms with van der Waals surface area (Å²) < 4.78 is 13.2. The lowest BCUT2D eigenvalue weighted by Gasteiger charge is -2.15. The number of aryl methyl sites for hydroxylation is 1. The molecule has 20 heavy (non-hydrogen) atoms. The molecular formula is C14H18FN3O2. The summed E-state index contributed by atoms with van der Waals surface area (Å²) in [5, 5.41) is 0. The lowest BCUT2D eigenvalue weighted by atomic mass is 9.95. The number of carbonyl (C=O) groups excluding carboxylic acids is 2. The number of nitrogens with zero attached hydrogens (tertiary/aromatic N) is 1. The summed E-state index contributed by atoms with van der Waals surface area (Å²) >= 11 is 0. The molecule has 0 aromatic heterocycles. The minimum atomic E-state index is -0.547. The number of hydrogen-bond acceptors (Lipinski definition) is 3. The molecule has 1 heterocycles. The van der Waals surface area contributed by atoms with Crippen LogP contribution in [0.4, 0.5) is 4.39 Å². The minimum Gasteiger partial charge on any atom is -0.369 e. The zero-order valence-electron chi connectivity index (χ0n) is 11.3. The second kappa shape index (κ2) is 5.58. The Labute approximate surface area is 116 Å². The molecule has 1 fully saturated rings. The molecule has 1 aromatic rings. The maximum atomic E-state index is 13.2. The number of benzene rings is 1. The molecule has 2 amide bonds. The first kappa shape index (κ1) is 14.5. The predicted molar refractivity (Wildman–Crippen MR) is 71.8 cm³/mol. The van der Waals surface area contributed by atoms with Crippen LogP contribution in [0.1, 0.15) is 11.1 Å². The van der Waals surface area contributed by atoms with Gasteiger partial charge in [-0.1, -0.05) is 12.1 Å². The summed E-state index contributed by atoms with van der Waals surface area (Å²) in [6.07, 6.45) is 0. The Kier molecular flexibility index (Phi) is 4.04. The third-order valence-electron chi connectivity index (χ3n) is 3.75. The summed E-state index contributed by atoms with van der Waals surface area (Å²) in [4.78, 5) is 24.6. The number of likely N-dealkylation sites (tertiary alicyclic amines) is 1. The molecular weight excluding hydrogens is 261 g/mol. The van der Waals surface area contributed by atoms with Crippen molar-refractivity contribution in [3.8, 4) is 0 Å². The van der Waals surface area contributed by atoms with Crippen molar-refractivity contribution in [2.75, 3.05) is 13.1 Å². The molecule has 2 atom stereocenters. The molecule has 1 aromatic carbocycles. The highest BCUT2D eigenvalue weighted by molar-refractivity contribution is 5.87. The number of carbonyl (C=O) groups is 2. The molecule has 0 radical (unpaired) electrons. The summed E-state index contributed by atoms with van der Waals surface area (Å²) in [5.74, 6) is -2.36. The Morgan fingerprint density at radius 3 is 2.25 bits per heavy atom. The van der Waals surface area contributed by atoms with Gasteiger partial charge in [0.1, 0.15) is 5.82 Å². The summed E-state index contributed by atoms with van der Waals surface area (Å²) in [5.41, 5.74) is 12.1. The largest absolute Gasteiger partial charge is 0.369 e. The number of amides is 2. The monoisotopic (exact) mass is 279 g/mol. The van der Waals surface area contributed by atoms with E-state index in [0.717, 1.165) is 5.56 Å². The fourth-order valence-corrected chi connectivity index (χ4v) is 2.65. The number of halogens is 1. The maximum Gasteiger partial charge on any atom is 0.222 e. The molecule has 108 valence electrons. The fourth-order valence-electron chi connectivity index (χ4n) is 2.65. The van der Waals surface area contributed by atoms with E-state index in [1.165, 1.54) is 6.07 Å². The van der Waals surface area contributed by atoms with Crippen LogP contribution < -0.4 is 11.5 Å². The van der Waals surface area contributed by atoms with Gasteiger partial charge in [0.05, 0.1) is 11.8 Å². The molecule has 6 heteroatoms. The van der Waals surface area contributed by atoms with E-state index in [2.05, 4.69) is 0 Å². The average molecular weight is 279 g/mol. The van der Waals surface area contributed by atoms with Gasteiger partial charge in [-0.3, -0.25) is 14.5 Å². The zero-order chi connectivity index (χ0) is 14.9. The van der Waals surface area contributed by atoms with Crippen molar-refractivity contribution in [3.63, 3.8) is 0 Å². The van der Waals surface area contributed by atoms with Gasteiger partial charge in [0.15, 0.2) is 0 Å². The SMILES string of the molecule is Cc1cc(CN2CC(C(N)=O)C(C(N)=O)C2)ccc1F. The fraction of sp³-hybridized carbons (Fsp3) is 0.429. The lowest BCUT2D eigenvalue weighted by Crippen LogP contribution is -2.36. The topological polar surface area (TPSA) is 89.4 Å². The standard InChI is InChI=1S/C14H18FN3O2/c1-8-4-9(2-3-12(8)15)5-18-6-10(13(16)19)11(7-18)14(17)20/h2-4,10-11H,5-7H2,1H3,(H2,16,19)(H2,17,20). The molecule has 0 saturated carbocycles. The molecule has 1 aliphatic rings. The first-order valence-electron chi connectivity index (χ1n) is 6.44. The number of hydrogen-bond donors (Lipinski definition) is 2. The first-order chi connectivity index (χ1) is 9.38. The number of primary amides is 2. The van der Waals surface area contributed by atoms with Crippen LogP contribution in [-0.4, -0.2) is 29.8 Å². The normalized spacial score (nSPS) is 22.9. The van der Waals surface area contributed by atoms with Gasteiger partial charge in [-0.05, 0) is 24.1 Å². The van der Waals surface area contributed by atoms with Crippen molar-refractivity contribution in [1.82, 2.24) is 4.90 Å². The van der Waals surface area contributed by atoms with Gasteiger partial charge in [-0.15, -0.1) is 0 Å². The molecule has 4 N–H and O–H groups in total. The van der Waals surface area contributed by atoms with Gasteiger partial charge in [0, 0.05) is 19.6 Å². The van der Waals surface area contributed by atoms with Crippen LogP contribution >= 0.6 is 0 Å². The first-order valence-corrected chi connectivity index (χ1v) is 6.44. The molecule has 1 saturated heterocycles. The predicted octanol–water partition coefficient (Wildman–Crippen LogP) is 0.153. The van der Waals surface area contributed by atoms with Crippen LogP contribution in [0.3, 0.4) is 0 Å². The highest BCUT2D eigenvalue weighted by Gasteiger charge is 2.39. The smallest absolute Gasteiger partial charge is 0.222 e. The van der Waals surface area contributed by atoms with E-state index in [1.807, 2.05) is 4.90 Å². The van der Waals surface area contributed by atoms with Crippen LogP contribution in [0.25, 0.3) is 0 Å². The molecule has 1 aliphatic heterocycles. The van der Waals surface area contributed by atoms with Gasteiger partial charge in [0.2, 0.25) is 11.8 Å². The van der Waals surface area contributed by atoms with Crippen LogP contribution in [-0.2, 0) is 16.1 Å². The van der Waals surface area contributed by atoms with E-state index in [1.54, 1.807) is 19.1 Å². The van der Waals surface area contributed by atoms with E-state index < -0.39 is 23.7 Å². The molecule has 5 nitrogen and oxygen atoms in total. The van der Waals surface area contributed by atoms with E-state index in [0.29, 0.717) is 25.2 Å². The Morgan fingerprint density at radius 1 is 1.25 bits per heavy atom. The Bertz CT molecular complexity index is 525. The quantitative estimate of drug-likeness (QED) is 0.822. The van der Waals surface area contributed by atoms with Crippen LogP contribution in [0.2, 0.25) is 0 Å². The number of nitrogens with two attached hydrogens (primary N) is 2. The van der Waals surface area contributed by atoms with Crippen LogP contribution in [0.15, 0.2) is 18.2 Å². The molecule has 0 spiro atoms. The third kappa shape index (κ3) is 2.96. The Balaban J connectivity index is 2.09.